The van der Waals surface area contributed by atoms with Crippen molar-refractivity contribution in [2.24, 2.45) is 0 Å². The summed E-state index contributed by atoms with van der Waals surface area (Å²) in [5, 5.41) is 4.24. The molecule has 7 heteroatoms. The highest BCUT2D eigenvalue weighted by Crippen LogP contribution is 2.23. The summed E-state index contributed by atoms with van der Waals surface area (Å²) in [4.78, 5) is 27.4. The molecule has 5 rings (SSSR count). The fourth-order valence-corrected chi connectivity index (χ4v) is 4.53. The summed E-state index contributed by atoms with van der Waals surface area (Å²) in [5.74, 6) is 2.10. The minimum atomic E-state index is -0.249. The van der Waals surface area contributed by atoms with E-state index in [2.05, 4.69) is 5.10 Å². The number of para-hydroxylation sites is 1. The normalized spacial score (nSPS) is 12.1. The minimum Gasteiger partial charge on any atom is -0.489 e. The van der Waals surface area contributed by atoms with Gasteiger partial charge in [-0.1, -0.05) is 66.7 Å². The molecule has 41 heavy (non-hydrogen) atoms. The second-order valence-corrected chi connectivity index (χ2v) is 9.48. The maximum absolute atomic E-state index is 13.6. The molecule has 0 atom stereocenters. The Morgan fingerprint density at radius 1 is 0.829 bits per heavy atom. The van der Waals surface area contributed by atoms with Crippen LogP contribution in [0.5, 0.6) is 17.2 Å². The van der Waals surface area contributed by atoms with E-state index in [9.17, 15) is 9.59 Å². The zero-order chi connectivity index (χ0) is 28.6. The van der Waals surface area contributed by atoms with Crippen molar-refractivity contribution in [3.8, 4) is 22.9 Å². The molecule has 1 amide bonds. The average molecular weight is 546 g/mol. The molecule has 0 unspecified atom stereocenters. The van der Waals surface area contributed by atoms with Crippen molar-refractivity contribution in [2.45, 2.75) is 27.0 Å². The summed E-state index contributed by atoms with van der Waals surface area (Å²) in [6.45, 7) is 4.37. The van der Waals surface area contributed by atoms with E-state index in [1.807, 2.05) is 122 Å². The van der Waals surface area contributed by atoms with Crippen molar-refractivity contribution >= 4 is 18.2 Å². The molecular formula is C34H31N3O4. The zero-order valence-corrected chi connectivity index (χ0v) is 23.0. The Hall–Kier alpha value is -5.30. The number of carbonyl (C=O) groups excluding carboxylic acids is 1. The Balaban J connectivity index is 1.39. The SMILES string of the molecule is C/C=c1/[nH]n(-c2ccc(OCc3ccccc3)cc2)c(=O)/c1=C(\C)N(C=O)Cc1cccc(Oc2ccccc2)c1. The van der Waals surface area contributed by atoms with E-state index < -0.39 is 0 Å². The van der Waals surface area contributed by atoms with Gasteiger partial charge in [-0.25, -0.2) is 4.68 Å². The van der Waals surface area contributed by atoms with E-state index in [4.69, 9.17) is 9.47 Å². The monoisotopic (exact) mass is 545 g/mol. The van der Waals surface area contributed by atoms with Crippen molar-refractivity contribution in [1.29, 1.82) is 0 Å². The number of rotatable bonds is 10. The molecule has 0 spiro atoms. The predicted molar refractivity (Wildman–Crippen MR) is 160 cm³/mol. The summed E-state index contributed by atoms with van der Waals surface area (Å²) in [5.41, 5.74) is 2.90. The van der Waals surface area contributed by atoms with Gasteiger partial charge in [0.15, 0.2) is 0 Å². The van der Waals surface area contributed by atoms with E-state index in [0.717, 1.165) is 23.3 Å². The van der Waals surface area contributed by atoms with Gasteiger partial charge in [0.2, 0.25) is 6.41 Å². The van der Waals surface area contributed by atoms with Gasteiger partial charge in [0.05, 0.1) is 22.8 Å². The van der Waals surface area contributed by atoms with Crippen LogP contribution in [-0.2, 0) is 17.9 Å². The number of carbonyl (C=O) groups is 1. The molecular weight excluding hydrogens is 514 g/mol. The van der Waals surface area contributed by atoms with Gasteiger partial charge in [0.25, 0.3) is 5.56 Å². The molecule has 7 nitrogen and oxygen atoms in total. The molecule has 1 aromatic heterocycles. The van der Waals surface area contributed by atoms with Crippen LogP contribution in [0.1, 0.15) is 25.0 Å². The number of nitrogens with one attached hydrogen (secondary N) is 1. The smallest absolute Gasteiger partial charge is 0.280 e. The number of aromatic amines is 1. The second-order valence-electron chi connectivity index (χ2n) is 9.48. The Bertz CT molecular complexity index is 1790. The summed E-state index contributed by atoms with van der Waals surface area (Å²) >= 11 is 0. The fourth-order valence-electron chi connectivity index (χ4n) is 4.53. The Morgan fingerprint density at radius 2 is 1.49 bits per heavy atom. The summed E-state index contributed by atoms with van der Waals surface area (Å²) < 4.78 is 13.3. The number of amides is 1. The lowest BCUT2D eigenvalue weighted by atomic mass is 10.2. The van der Waals surface area contributed by atoms with Crippen molar-refractivity contribution < 1.29 is 14.3 Å². The molecule has 1 heterocycles. The lowest BCUT2D eigenvalue weighted by molar-refractivity contribution is -0.115. The van der Waals surface area contributed by atoms with Crippen LogP contribution in [-0.4, -0.2) is 21.1 Å². The van der Waals surface area contributed by atoms with E-state index in [-0.39, 0.29) is 12.1 Å². The molecule has 0 fully saturated rings. The molecule has 0 saturated carbocycles. The number of H-pyrrole nitrogens is 1. The average Bonchev–Trinajstić information content (AvgIpc) is 3.36. The quantitative estimate of drug-likeness (QED) is 0.247. The van der Waals surface area contributed by atoms with Crippen molar-refractivity contribution in [2.75, 3.05) is 0 Å². The highest BCUT2D eigenvalue weighted by atomic mass is 16.5. The molecule has 0 radical (unpaired) electrons. The number of hydrogen-bond donors (Lipinski definition) is 1. The molecule has 206 valence electrons. The first kappa shape index (κ1) is 27.3. The molecule has 0 aliphatic heterocycles. The van der Waals surface area contributed by atoms with Gasteiger partial charge in [0.1, 0.15) is 23.9 Å². The standard InChI is InChI=1S/C34H31N3O4/c1-3-32-33(25(2)36(24-38)22-27-13-10-16-31(21-27)41-30-14-8-5-9-15-30)34(39)37(35-32)28-17-19-29(20-18-28)40-23-26-11-6-4-7-12-26/h3-21,24,35H,22-23H2,1-2H3/b32-3+,33-25+. The molecule has 0 bridgehead atoms. The van der Waals surface area contributed by atoms with Crippen LogP contribution >= 0.6 is 0 Å². The molecule has 5 aromatic rings. The third-order valence-corrected chi connectivity index (χ3v) is 6.70. The maximum Gasteiger partial charge on any atom is 0.280 e. The first-order valence-corrected chi connectivity index (χ1v) is 13.3. The number of nitrogens with zero attached hydrogens (tertiary/aromatic N) is 2. The first-order chi connectivity index (χ1) is 20.1. The second kappa shape index (κ2) is 12.7. The highest BCUT2D eigenvalue weighted by molar-refractivity contribution is 5.62. The minimum absolute atomic E-state index is 0.249. The van der Waals surface area contributed by atoms with E-state index in [0.29, 0.717) is 40.1 Å². The van der Waals surface area contributed by atoms with E-state index in [1.54, 1.807) is 6.92 Å². The van der Waals surface area contributed by atoms with Crippen molar-refractivity contribution in [3.05, 3.63) is 141 Å². The number of hydrogen-bond acceptors (Lipinski definition) is 4. The topological polar surface area (TPSA) is 76.6 Å². The Kier molecular flexibility index (Phi) is 8.45. The van der Waals surface area contributed by atoms with Crippen LogP contribution in [0.2, 0.25) is 0 Å². The number of aromatic nitrogens is 2. The lowest BCUT2D eigenvalue weighted by Gasteiger charge is -2.18. The summed E-state index contributed by atoms with van der Waals surface area (Å²) in [6, 6.07) is 34.3. The van der Waals surface area contributed by atoms with Crippen LogP contribution in [0, 0.1) is 0 Å². The predicted octanol–water partition coefficient (Wildman–Crippen LogP) is 5.12. The third-order valence-electron chi connectivity index (χ3n) is 6.70. The van der Waals surface area contributed by atoms with Crippen LogP contribution in [0.4, 0.5) is 0 Å². The van der Waals surface area contributed by atoms with Gasteiger partial charge in [-0.15, -0.1) is 0 Å². The zero-order valence-electron chi connectivity index (χ0n) is 23.0. The number of benzene rings is 4. The summed E-state index contributed by atoms with van der Waals surface area (Å²) in [6.07, 6.45) is 2.57. The molecule has 1 N–H and O–H groups in total. The Labute approximate surface area is 238 Å². The van der Waals surface area contributed by atoms with Crippen LogP contribution < -0.4 is 25.6 Å². The molecule has 0 aliphatic carbocycles. The van der Waals surface area contributed by atoms with E-state index in [1.165, 1.54) is 9.58 Å². The van der Waals surface area contributed by atoms with Crippen molar-refractivity contribution in [1.82, 2.24) is 14.7 Å². The first-order valence-electron chi connectivity index (χ1n) is 13.3. The maximum atomic E-state index is 13.6. The van der Waals surface area contributed by atoms with Gasteiger partial charge in [0, 0.05) is 5.70 Å². The number of ether oxygens (including phenoxy) is 2. The lowest BCUT2D eigenvalue weighted by Crippen LogP contribution is -2.40. The summed E-state index contributed by atoms with van der Waals surface area (Å²) in [7, 11) is 0. The van der Waals surface area contributed by atoms with Gasteiger partial charge >= 0.3 is 0 Å². The molecule has 4 aromatic carbocycles. The van der Waals surface area contributed by atoms with Crippen LogP contribution in [0.25, 0.3) is 17.5 Å². The van der Waals surface area contributed by atoms with Gasteiger partial charge < -0.3 is 14.4 Å². The van der Waals surface area contributed by atoms with Gasteiger partial charge in [-0.05, 0) is 73.5 Å². The molecule has 0 aliphatic rings. The van der Waals surface area contributed by atoms with Crippen molar-refractivity contribution in [3.63, 3.8) is 0 Å². The third kappa shape index (κ3) is 6.47. The van der Waals surface area contributed by atoms with E-state index >= 15 is 0 Å². The Morgan fingerprint density at radius 3 is 2.17 bits per heavy atom. The highest BCUT2D eigenvalue weighted by Gasteiger charge is 2.13. The largest absolute Gasteiger partial charge is 0.489 e. The van der Waals surface area contributed by atoms with Crippen LogP contribution in [0.3, 0.4) is 0 Å². The fraction of sp³-hybridized carbons (Fsp3) is 0.118. The molecule has 0 saturated heterocycles. The van der Waals surface area contributed by atoms with Crippen LogP contribution in [0.15, 0.2) is 114 Å². The van der Waals surface area contributed by atoms with Gasteiger partial charge in [-0.3, -0.25) is 14.7 Å². The van der Waals surface area contributed by atoms with Gasteiger partial charge in [-0.2, -0.15) is 0 Å².